The van der Waals surface area contributed by atoms with Crippen LogP contribution in [0.3, 0.4) is 0 Å². The van der Waals surface area contributed by atoms with Crippen LogP contribution in [0, 0.1) is 0 Å². The molecule has 0 bridgehead atoms. The zero-order valence-electron chi connectivity index (χ0n) is 18.8. The minimum Gasteiger partial charge on any atom is -0.494 e. The molecule has 4 aromatic rings. The van der Waals surface area contributed by atoms with Crippen molar-refractivity contribution >= 4 is 16.9 Å². The van der Waals surface area contributed by atoms with Gasteiger partial charge in [-0.2, -0.15) is 0 Å². The predicted molar refractivity (Wildman–Crippen MR) is 130 cm³/mol. The average Bonchev–Trinajstić information content (AvgIpc) is 3.40. The third-order valence-electron chi connectivity index (χ3n) is 6.27. The number of imidazole rings is 1. The summed E-state index contributed by atoms with van der Waals surface area (Å²) in [5, 5.41) is 0. The lowest BCUT2D eigenvalue weighted by Gasteiger charge is -2.17. The fourth-order valence-corrected chi connectivity index (χ4v) is 4.62. The summed E-state index contributed by atoms with van der Waals surface area (Å²) in [5.74, 6) is 2.27. The van der Waals surface area contributed by atoms with Crippen LogP contribution in [0.15, 0.2) is 84.9 Å². The van der Waals surface area contributed by atoms with Gasteiger partial charge in [0.2, 0.25) is 5.91 Å². The second kappa shape index (κ2) is 9.90. The quantitative estimate of drug-likeness (QED) is 0.328. The number of carbonyl (C=O) groups is 1. The number of fused-ring (bicyclic) bond motifs is 1. The lowest BCUT2D eigenvalue weighted by atomic mass is 10.1. The molecule has 1 atom stereocenters. The smallest absolute Gasteiger partial charge is 0.223 e. The zero-order valence-corrected chi connectivity index (χ0v) is 18.8. The van der Waals surface area contributed by atoms with Gasteiger partial charge in [-0.05, 0) is 42.7 Å². The summed E-state index contributed by atoms with van der Waals surface area (Å²) in [5.41, 5.74) is 3.31. The Labute approximate surface area is 194 Å². The van der Waals surface area contributed by atoms with Gasteiger partial charge in [0.1, 0.15) is 11.6 Å². The second-order valence-corrected chi connectivity index (χ2v) is 8.64. The van der Waals surface area contributed by atoms with E-state index in [4.69, 9.17) is 9.72 Å². The maximum atomic E-state index is 12.8. The number of aryl methyl sites for hydroxylation is 1. The molecule has 0 unspecified atom stereocenters. The van der Waals surface area contributed by atoms with Crippen molar-refractivity contribution in [1.82, 2.24) is 14.5 Å². The van der Waals surface area contributed by atoms with E-state index in [-0.39, 0.29) is 11.8 Å². The normalized spacial score (nSPS) is 15.9. The summed E-state index contributed by atoms with van der Waals surface area (Å²) in [7, 11) is 0. The number of hydrogen-bond acceptors (Lipinski definition) is 3. The number of amides is 1. The van der Waals surface area contributed by atoms with Crippen LogP contribution in [0.4, 0.5) is 0 Å². The summed E-state index contributed by atoms with van der Waals surface area (Å²) in [4.78, 5) is 19.7. The highest BCUT2D eigenvalue weighted by Gasteiger charge is 2.33. The van der Waals surface area contributed by atoms with E-state index >= 15 is 0 Å². The van der Waals surface area contributed by atoms with Gasteiger partial charge in [0.05, 0.1) is 17.6 Å². The fraction of sp³-hybridized carbons (Fsp3) is 0.286. The van der Waals surface area contributed by atoms with E-state index < -0.39 is 0 Å². The molecule has 5 heteroatoms. The van der Waals surface area contributed by atoms with Crippen LogP contribution in [0.2, 0.25) is 0 Å². The molecule has 1 aliphatic heterocycles. The van der Waals surface area contributed by atoms with Crippen LogP contribution in [-0.2, 0) is 17.9 Å². The maximum Gasteiger partial charge on any atom is 0.223 e. The van der Waals surface area contributed by atoms with Gasteiger partial charge in [-0.1, -0.05) is 60.7 Å². The zero-order chi connectivity index (χ0) is 22.5. The van der Waals surface area contributed by atoms with Gasteiger partial charge in [-0.15, -0.1) is 0 Å². The number of hydrogen-bond donors (Lipinski definition) is 0. The van der Waals surface area contributed by atoms with Gasteiger partial charge in [-0.3, -0.25) is 4.79 Å². The molecule has 33 heavy (non-hydrogen) atoms. The first-order valence-electron chi connectivity index (χ1n) is 11.7. The van der Waals surface area contributed by atoms with Crippen molar-refractivity contribution in [3.8, 4) is 5.75 Å². The summed E-state index contributed by atoms with van der Waals surface area (Å²) >= 11 is 0. The molecule has 1 aromatic heterocycles. The van der Waals surface area contributed by atoms with Crippen molar-refractivity contribution in [2.45, 2.75) is 38.3 Å². The van der Waals surface area contributed by atoms with E-state index in [9.17, 15) is 4.79 Å². The molecule has 0 spiro atoms. The average molecular weight is 440 g/mol. The van der Waals surface area contributed by atoms with Crippen molar-refractivity contribution in [1.29, 1.82) is 0 Å². The van der Waals surface area contributed by atoms with Crippen LogP contribution in [0.5, 0.6) is 5.75 Å². The van der Waals surface area contributed by atoms with E-state index in [1.54, 1.807) is 0 Å². The fourth-order valence-electron chi connectivity index (χ4n) is 4.62. The molecule has 5 rings (SSSR count). The molecule has 0 saturated carbocycles. The lowest BCUT2D eigenvalue weighted by Crippen LogP contribution is -2.24. The van der Waals surface area contributed by atoms with Gasteiger partial charge in [0.15, 0.2) is 0 Å². The molecule has 1 fully saturated rings. The second-order valence-electron chi connectivity index (χ2n) is 8.64. The number of carbonyl (C=O) groups excluding carboxylic acids is 1. The third-order valence-corrected chi connectivity index (χ3v) is 6.27. The Hall–Kier alpha value is -3.60. The molecule has 1 aliphatic rings. The number of likely N-dealkylation sites (tertiary alicyclic amines) is 1. The number of benzene rings is 3. The van der Waals surface area contributed by atoms with Crippen molar-refractivity contribution in [2.75, 3.05) is 13.2 Å². The number of nitrogens with zero attached hydrogens (tertiary/aromatic N) is 3. The van der Waals surface area contributed by atoms with E-state index in [0.717, 1.165) is 42.0 Å². The van der Waals surface area contributed by atoms with Gasteiger partial charge >= 0.3 is 0 Å². The number of aromatic nitrogens is 2. The third kappa shape index (κ3) is 4.92. The van der Waals surface area contributed by atoms with E-state index in [1.807, 2.05) is 59.5 Å². The summed E-state index contributed by atoms with van der Waals surface area (Å²) < 4.78 is 8.17. The highest BCUT2D eigenvalue weighted by atomic mass is 16.5. The number of para-hydroxylation sites is 3. The van der Waals surface area contributed by atoms with Crippen molar-refractivity contribution in [3.63, 3.8) is 0 Å². The largest absolute Gasteiger partial charge is 0.494 e. The Morgan fingerprint density at radius 1 is 0.879 bits per heavy atom. The molecule has 3 aromatic carbocycles. The van der Waals surface area contributed by atoms with Crippen LogP contribution in [0.25, 0.3) is 11.0 Å². The minimum absolute atomic E-state index is 0.120. The first-order chi connectivity index (χ1) is 16.3. The summed E-state index contributed by atoms with van der Waals surface area (Å²) in [6.07, 6.45) is 2.48. The molecular formula is C28H29N3O2. The Balaban J connectivity index is 1.27. The molecule has 168 valence electrons. The van der Waals surface area contributed by atoms with Crippen LogP contribution in [-0.4, -0.2) is 33.5 Å². The topological polar surface area (TPSA) is 47.4 Å². The molecule has 0 aliphatic carbocycles. The van der Waals surface area contributed by atoms with Gasteiger partial charge in [-0.25, -0.2) is 4.98 Å². The predicted octanol–water partition coefficient (Wildman–Crippen LogP) is 5.41. The number of rotatable bonds is 9. The Morgan fingerprint density at radius 3 is 2.42 bits per heavy atom. The SMILES string of the molecule is O=C1C[C@H](c2nc3ccccc3n2CCCCOc2ccccc2)CN1Cc1ccccc1. The van der Waals surface area contributed by atoms with E-state index in [1.165, 1.54) is 5.56 Å². The molecule has 5 nitrogen and oxygen atoms in total. The number of unbranched alkanes of at least 4 members (excludes halogenated alkanes) is 1. The molecule has 0 N–H and O–H groups in total. The highest BCUT2D eigenvalue weighted by Crippen LogP contribution is 2.31. The summed E-state index contributed by atoms with van der Waals surface area (Å²) in [6, 6.07) is 28.4. The van der Waals surface area contributed by atoms with E-state index in [2.05, 4.69) is 34.9 Å². The Bertz CT molecular complexity index is 1200. The summed E-state index contributed by atoms with van der Waals surface area (Å²) in [6.45, 7) is 2.94. The minimum atomic E-state index is 0.120. The molecular weight excluding hydrogens is 410 g/mol. The molecule has 2 heterocycles. The van der Waals surface area contributed by atoms with Gasteiger partial charge in [0, 0.05) is 32.0 Å². The first-order valence-corrected chi connectivity index (χ1v) is 11.7. The van der Waals surface area contributed by atoms with Crippen molar-refractivity contribution < 1.29 is 9.53 Å². The highest BCUT2D eigenvalue weighted by molar-refractivity contribution is 5.81. The molecule has 1 saturated heterocycles. The van der Waals surface area contributed by atoms with Crippen LogP contribution < -0.4 is 4.74 Å². The lowest BCUT2D eigenvalue weighted by molar-refractivity contribution is -0.128. The molecule has 1 amide bonds. The standard InChI is InChI=1S/C28H29N3O2/c32-27-19-23(21-30(27)20-22-11-3-1-4-12-22)28-29-25-15-7-8-16-26(25)31(28)17-9-10-18-33-24-13-5-2-6-14-24/h1-8,11-16,23H,9-10,17-21H2/t23-/m0/s1. The van der Waals surface area contributed by atoms with E-state index in [0.29, 0.717) is 26.1 Å². The molecule has 0 radical (unpaired) electrons. The van der Waals surface area contributed by atoms with Crippen molar-refractivity contribution in [3.05, 3.63) is 96.3 Å². The van der Waals surface area contributed by atoms with Crippen LogP contribution >= 0.6 is 0 Å². The van der Waals surface area contributed by atoms with Crippen molar-refractivity contribution in [2.24, 2.45) is 0 Å². The monoisotopic (exact) mass is 439 g/mol. The maximum absolute atomic E-state index is 12.8. The van der Waals surface area contributed by atoms with Gasteiger partial charge in [0.25, 0.3) is 0 Å². The Morgan fingerprint density at radius 2 is 1.61 bits per heavy atom. The van der Waals surface area contributed by atoms with Gasteiger partial charge < -0.3 is 14.2 Å². The first kappa shape index (κ1) is 21.3. The number of ether oxygens (including phenoxy) is 1. The van der Waals surface area contributed by atoms with Crippen LogP contribution in [0.1, 0.15) is 36.6 Å². The Kier molecular flexibility index (Phi) is 6.38.